The highest BCUT2D eigenvalue weighted by molar-refractivity contribution is 14.2. The van der Waals surface area contributed by atoms with E-state index in [-0.39, 0.29) is 0 Å². The van der Waals surface area contributed by atoms with E-state index in [4.69, 9.17) is 0 Å². The zero-order valence-corrected chi connectivity index (χ0v) is 11.0. The van der Waals surface area contributed by atoms with Gasteiger partial charge in [0.2, 0.25) is 0 Å². The largest absolute Gasteiger partial charge is 0.0573 e. The van der Waals surface area contributed by atoms with Crippen LogP contribution < -0.4 is 0 Å². The fourth-order valence-corrected chi connectivity index (χ4v) is 2.17. The zero-order chi connectivity index (χ0) is 9.97. The molecule has 0 heterocycles. The van der Waals surface area contributed by atoms with E-state index in [9.17, 15) is 0 Å². The van der Waals surface area contributed by atoms with E-state index in [1.165, 1.54) is 32.9 Å². The fourth-order valence-electron chi connectivity index (χ4n) is 1.68. The first kappa shape index (κ1) is 10.4. The van der Waals surface area contributed by atoms with Gasteiger partial charge in [-0.15, -0.1) is 0 Å². The molecule has 1 fully saturated rings. The predicted molar refractivity (Wildman–Crippen MR) is 71.6 cm³/mol. The van der Waals surface area contributed by atoms with Gasteiger partial charge in [-0.25, -0.2) is 0 Å². The van der Waals surface area contributed by atoms with Gasteiger partial charge < -0.3 is 0 Å². The quantitative estimate of drug-likeness (QED) is 0.551. The van der Waals surface area contributed by atoms with E-state index in [1.807, 2.05) is 0 Å². The zero-order valence-electron chi connectivity index (χ0n) is 8.01. The monoisotopic (exact) mass is 314 g/mol. The first-order valence-electron chi connectivity index (χ1n) is 4.70. The smallest absolute Gasteiger partial charge is 0.0257 e. The van der Waals surface area contributed by atoms with Crippen molar-refractivity contribution in [3.63, 3.8) is 0 Å². The highest BCUT2D eigenvalue weighted by Gasteiger charge is 2.24. The minimum atomic E-state index is 0.843. The summed E-state index contributed by atoms with van der Waals surface area (Å²) in [5, 5.41) is 3.01. The molecule has 72 valence electrons. The lowest BCUT2D eigenvalue weighted by molar-refractivity contribution is 1.10. The number of aryl methyl sites for hydroxylation is 1. The van der Waals surface area contributed by atoms with Crippen molar-refractivity contribution in [1.82, 2.24) is 0 Å². The summed E-state index contributed by atoms with van der Waals surface area (Å²) < 4.78 is 0. The van der Waals surface area contributed by atoms with Crippen LogP contribution in [-0.4, -0.2) is 0 Å². The molecular formula is C12H11IS. The highest BCUT2D eigenvalue weighted by Crippen LogP contribution is 2.41. The molecule has 14 heavy (non-hydrogen) atoms. The lowest BCUT2D eigenvalue weighted by Gasteiger charge is -2.03. The maximum atomic E-state index is 3.13. The molecule has 0 atom stereocenters. The molecule has 0 N–H and O–H groups in total. The second kappa shape index (κ2) is 4.59. The van der Waals surface area contributed by atoms with Gasteiger partial charge in [0.05, 0.1) is 0 Å². The van der Waals surface area contributed by atoms with Crippen molar-refractivity contribution in [2.75, 3.05) is 0 Å². The van der Waals surface area contributed by atoms with Gasteiger partial charge in [0.25, 0.3) is 0 Å². The molecule has 0 aromatic heterocycles. The predicted octanol–water partition coefficient (Wildman–Crippen LogP) is 4.26. The molecule has 1 aromatic carbocycles. The Kier molecular flexibility index (Phi) is 3.40. The molecule has 0 amide bonds. The summed E-state index contributed by atoms with van der Waals surface area (Å²) in [4.78, 5) is 0. The Morgan fingerprint density at radius 2 is 2.21 bits per heavy atom. The Labute approximate surface area is 101 Å². The number of halogens is 1. The Balaban J connectivity index is 2.25. The van der Waals surface area contributed by atoms with Crippen molar-refractivity contribution in [1.29, 1.82) is 0 Å². The van der Waals surface area contributed by atoms with Crippen molar-refractivity contribution in [3.8, 4) is 11.2 Å². The standard InChI is InChI=1S/C12H11IS/c1-9-8-10(6-7-14-13)2-5-12(9)11-3-4-11/h2,5,8,11H,3-4H2,1H3. The van der Waals surface area contributed by atoms with E-state index in [0.29, 0.717) is 0 Å². The third kappa shape index (κ3) is 2.46. The summed E-state index contributed by atoms with van der Waals surface area (Å²) in [5.41, 5.74) is 4.06. The van der Waals surface area contributed by atoms with Gasteiger partial charge in [-0.1, -0.05) is 12.0 Å². The Morgan fingerprint density at radius 3 is 2.79 bits per heavy atom. The van der Waals surface area contributed by atoms with Crippen LogP contribution in [0, 0.1) is 18.1 Å². The van der Waals surface area contributed by atoms with Crippen LogP contribution in [0.4, 0.5) is 0 Å². The number of benzene rings is 1. The third-order valence-electron chi connectivity index (χ3n) is 2.52. The topological polar surface area (TPSA) is 0 Å². The van der Waals surface area contributed by atoms with Crippen LogP contribution in [-0.2, 0) is 0 Å². The lowest BCUT2D eigenvalue weighted by atomic mass is 10.0. The molecule has 1 saturated carbocycles. The normalized spacial score (nSPS) is 14.7. The molecule has 0 radical (unpaired) electrons. The average Bonchev–Trinajstić information content (AvgIpc) is 2.98. The summed E-state index contributed by atoms with van der Waals surface area (Å²) in [6, 6.07) is 6.59. The van der Waals surface area contributed by atoms with Gasteiger partial charge in [0.1, 0.15) is 0 Å². The van der Waals surface area contributed by atoms with Gasteiger partial charge in [-0.05, 0) is 63.1 Å². The van der Waals surface area contributed by atoms with Crippen molar-refractivity contribution in [2.45, 2.75) is 25.7 Å². The van der Waals surface area contributed by atoms with Gasteiger partial charge in [-0.3, -0.25) is 0 Å². The lowest BCUT2D eigenvalue weighted by Crippen LogP contribution is -1.86. The molecule has 1 aliphatic rings. The van der Waals surface area contributed by atoms with E-state index in [1.54, 1.807) is 0 Å². The van der Waals surface area contributed by atoms with Crippen molar-refractivity contribution < 1.29 is 0 Å². The maximum Gasteiger partial charge on any atom is 0.0257 e. The molecule has 0 nitrogen and oxygen atoms in total. The van der Waals surface area contributed by atoms with E-state index in [0.717, 1.165) is 11.5 Å². The Bertz CT molecular complexity index is 397. The van der Waals surface area contributed by atoms with E-state index < -0.39 is 0 Å². The van der Waals surface area contributed by atoms with E-state index in [2.05, 4.69) is 57.5 Å². The van der Waals surface area contributed by atoms with Crippen molar-refractivity contribution in [2.24, 2.45) is 0 Å². The van der Waals surface area contributed by atoms with Crippen LogP contribution >= 0.6 is 30.1 Å². The second-order valence-electron chi connectivity index (χ2n) is 3.65. The first-order valence-corrected chi connectivity index (χ1v) is 8.06. The summed E-state index contributed by atoms with van der Waals surface area (Å²) >= 11 is 2.19. The molecule has 2 heteroatoms. The van der Waals surface area contributed by atoms with E-state index >= 15 is 0 Å². The molecule has 0 unspecified atom stereocenters. The molecular weight excluding hydrogens is 303 g/mol. The SMILES string of the molecule is Cc1cc(C#CSI)ccc1C1CC1. The average molecular weight is 314 g/mol. The highest BCUT2D eigenvalue weighted by atomic mass is 127. The van der Waals surface area contributed by atoms with Crippen LogP contribution in [0.1, 0.15) is 35.4 Å². The minimum absolute atomic E-state index is 0.843. The summed E-state index contributed by atoms with van der Waals surface area (Å²) in [6.07, 6.45) is 2.74. The molecule has 0 spiro atoms. The van der Waals surface area contributed by atoms with Crippen LogP contribution in [0.5, 0.6) is 0 Å². The minimum Gasteiger partial charge on any atom is -0.0573 e. The van der Waals surface area contributed by atoms with Crippen LogP contribution in [0.3, 0.4) is 0 Å². The molecule has 1 aliphatic carbocycles. The molecule has 0 bridgehead atoms. The number of hydrogen-bond acceptors (Lipinski definition) is 1. The molecule has 1 aromatic rings. The fraction of sp³-hybridized carbons (Fsp3) is 0.333. The van der Waals surface area contributed by atoms with Gasteiger partial charge in [-0.2, -0.15) is 0 Å². The first-order chi connectivity index (χ1) is 6.81. The molecule has 0 aliphatic heterocycles. The number of hydrogen-bond donors (Lipinski definition) is 0. The van der Waals surface area contributed by atoms with Gasteiger partial charge >= 0.3 is 0 Å². The molecule has 2 rings (SSSR count). The third-order valence-corrected chi connectivity index (χ3v) is 3.36. The summed E-state index contributed by atoms with van der Waals surface area (Å²) in [5.74, 6) is 3.97. The summed E-state index contributed by atoms with van der Waals surface area (Å²) in [7, 11) is 1.53. The Morgan fingerprint density at radius 1 is 1.43 bits per heavy atom. The van der Waals surface area contributed by atoms with Crippen LogP contribution in [0.25, 0.3) is 0 Å². The number of rotatable bonds is 1. The van der Waals surface area contributed by atoms with Crippen LogP contribution in [0.15, 0.2) is 18.2 Å². The van der Waals surface area contributed by atoms with Crippen molar-refractivity contribution in [3.05, 3.63) is 34.9 Å². The van der Waals surface area contributed by atoms with Crippen molar-refractivity contribution >= 4 is 30.1 Å². The van der Waals surface area contributed by atoms with Crippen LogP contribution in [0.2, 0.25) is 0 Å². The second-order valence-corrected chi connectivity index (χ2v) is 5.33. The Hall–Kier alpha value is -0.140. The maximum absolute atomic E-state index is 3.13. The molecule has 0 saturated heterocycles. The van der Waals surface area contributed by atoms with Gasteiger partial charge in [0.15, 0.2) is 0 Å². The van der Waals surface area contributed by atoms with Gasteiger partial charge in [0, 0.05) is 26.8 Å². The summed E-state index contributed by atoms with van der Waals surface area (Å²) in [6.45, 7) is 2.19.